The summed E-state index contributed by atoms with van der Waals surface area (Å²) in [5, 5.41) is 0.610. The number of methoxy groups -OCH3 is 1. The highest BCUT2D eigenvalue weighted by Gasteiger charge is 2.28. The van der Waals surface area contributed by atoms with Crippen molar-refractivity contribution in [1.29, 1.82) is 0 Å². The highest BCUT2D eigenvalue weighted by atomic mass is 35.5. The molecular formula is C22H22ClN3O. The fourth-order valence-corrected chi connectivity index (χ4v) is 3.33. The third-order valence-electron chi connectivity index (χ3n) is 4.35. The second kappa shape index (κ2) is 7.80. The zero-order valence-corrected chi connectivity index (χ0v) is 16.7. The first-order valence-corrected chi connectivity index (χ1v) is 8.90. The van der Waals surface area contributed by atoms with Gasteiger partial charge >= 0.3 is 0 Å². The van der Waals surface area contributed by atoms with Crippen LogP contribution in [0.25, 0.3) is 11.1 Å². The summed E-state index contributed by atoms with van der Waals surface area (Å²) >= 11 is 6.56. The molecule has 0 amide bonds. The Morgan fingerprint density at radius 3 is 2.41 bits per heavy atom. The van der Waals surface area contributed by atoms with Gasteiger partial charge in [0.05, 0.1) is 24.9 Å². The van der Waals surface area contributed by atoms with Crippen molar-refractivity contribution < 1.29 is 4.74 Å². The topological polar surface area (TPSA) is 37.2 Å². The van der Waals surface area contributed by atoms with Gasteiger partial charge in [0.2, 0.25) is 0 Å². The Bertz CT molecular complexity index is 987. The zero-order valence-electron chi connectivity index (χ0n) is 16.0. The standard InChI is InChI=1S/C22H22ClN3O/c1-14-16-8-6-7-9-17(16)21(24-2)22(25-13-26(3)4)20(14)18-12-15(27-5)10-11-19(18)23/h6-13H,1H2,2-5H3. The molecule has 0 fully saturated rings. The van der Waals surface area contributed by atoms with Gasteiger partial charge in [0, 0.05) is 42.9 Å². The highest BCUT2D eigenvalue weighted by molar-refractivity contribution is 6.36. The Balaban J connectivity index is 2.36. The maximum absolute atomic E-state index is 6.56. The molecule has 0 heterocycles. The van der Waals surface area contributed by atoms with E-state index in [0.29, 0.717) is 5.02 Å². The number of halogens is 1. The van der Waals surface area contributed by atoms with Crippen molar-refractivity contribution in [1.82, 2.24) is 4.90 Å². The number of rotatable bonds is 4. The van der Waals surface area contributed by atoms with Gasteiger partial charge in [0.25, 0.3) is 0 Å². The van der Waals surface area contributed by atoms with Crippen LogP contribution >= 0.6 is 11.6 Å². The predicted molar refractivity (Wildman–Crippen MR) is 115 cm³/mol. The van der Waals surface area contributed by atoms with E-state index in [1.54, 1.807) is 20.5 Å². The van der Waals surface area contributed by atoms with Crippen molar-refractivity contribution >= 4 is 34.8 Å². The van der Waals surface area contributed by atoms with Gasteiger partial charge in [-0.1, -0.05) is 42.4 Å². The van der Waals surface area contributed by atoms with E-state index in [-0.39, 0.29) is 0 Å². The van der Waals surface area contributed by atoms with Crippen molar-refractivity contribution in [2.45, 2.75) is 0 Å². The molecule has 0 saturated carbocycles. The molecule has 138 valence electrons. The van der Waals surface area contributed by atoms with Crippen molar-refractivity contribution in [2.75, 3.05) is 28.3 Å². The Labute approximate surface area is 165 Å². The molecule has 0 aromatic heterocycles. The summed E-state index contributed by atoms with van der Waals surface area (Å²) < 4.78 is 5.40. The molecular weight excluding hydrogens is 358 g/mol. The summed E-state index contributed by atoms with van der Waals surface area (Å²) in [7, 11) is 7.26. The summed E-state index contributed by atoms with van der Waals surface area (Å²) in [5.74, 6) is 0.722. The van der Waals surface area contributed by atoms with Crippen LogP contribution in [0.1, 0.15) is 16.7 Å². The molecule has 3 rings (SSSR count). The Morgan fingerprint density at radius 1 is 1.07 bits per heavy atom. The van der Waals surface area contributed by atoms with Gasteiger partial charge in [-0.3, -0.25) is 4.99 Å². The first kappa shape index (κ1) is 18.9. The van der Waals surface area contributed by atoms with Gasteiger partial charge in [-0.15, -0.1) is 0 Å². The van der Waals surface area contributed by atoms with E-state index in [9.17, 15) is 0 Å². The van der Waals surface area contributed by atoms with Gasteiger partial charge in [0.15, 0.2) is 0 Å². The molecule has 0 spiro atoms. The largest absolute Gasteiger partial charge is 0.497 e. The fraction of sp³-hybridized carbons (Fsp3) is 0.182. The highest BCUT2D eigenvalue weighted by Crippen LogP contribution is 2.43. The molecule has 5 heteroatoms. The number of aliphatic imine (C=N–C) groups is 2. The molecule has 0 saturated heterocycles. The third kappa shape index (κ3) is 3.53. The van der Waals surface area contributed by atoms with E-state index in [4.69, 9.17) is 21.3 Å². The first-order valence-electron chi connectivity index (χ1n) is 8.53. The zero-order chi connectivity index (χ0) is 19.6. The molecule has 0 N–H and O–H groups in total. The van der Waals surface area contributed by atoms with E-state index in [1.165, 1.54) is 0 Å². The molecule has 27 heavy (non-hydrogen) atoms. The van der Waals surface area contributed by atoms with Gasteiger partial charge in [0.1, 0.15) is 5.75 Å². The molecule has 0 radical (unpaired) electrons. The average molecular weight is 380 g/mol. The number of nitrogens with zero attached hydrogens (tertiary/aromatic N) is 3. The number of hydrogen-bond donors (Lipinski definition) is 0. The van der Waals surface area contributed by atoms with E-state index in [2.05, 4.69) is 11.6 Å². The average Bonchev–Trinajstić information content (AvgIpc) is 2.67. The Morgan fingerprint density at radius 2 is 1.78 bits per heavy atom. The maximum Gasteiger partial charge on any atom is 0.119 e. The molecule has 2 aromatic carbocycles. The minimum Gasteiger partial charge on any atom is -0.497 e. The fourth-order valence-electron chi connectivity index (χ4n) is 3.11. The lowest BCUT2D eigenvalue weighted by atomic mass is 9.81. The van der Waals surface area contributed by atoms with Crippen LogP contribution in [0.2, 0.25) is 5.02 Å². The second-order valence-electron chi connectivity index (χ2n) is 6.37. The lowest BCUT2D eigenvalue weighted by molar-refractivity contribution is 0.414. The maximum atomic E-state index is 6.56. The molecule has 4 nitrogen and oxygen atoms in total. The SMILES string of the molecule is C=C1C(c2cc(OC)ccc2Cl)=C(N=CN(C)C)C(=NC)c2ccccc21. The Hall–Kier alpha value is -2.85. The van der Waals surface area contributed by atoms with E-state index in [1.807, 2.05) is 61.5 Å². The molecule has 0 bridgehead atoms. The van der Waals surface area contributed by atoms with Crippen LogP contribution < -0.4 is 4.74 Å². The minimum absolute atomic E-state index is 0.610. The number of allylic oxidation sites excluding steroid dienone is 3. The van der Waals surface area contributed by atoms with Crippen molar-refractivity contribution in [2.24, 2.45) is 9.98 Å². The molecule has 0 atom stereocenters. The lowest BCUT2D eigenvalue weighted by Crippen LogP contribution is -2.17. The number of hydrogen-bond acceptors (Lipinski definition) is 3. The van der Waals surface area contributed by atoms with Gasteiger partial charge in [-0.25, -0.2) is 4.99 Å². The van der Waals surface area contributed by atoms with Crippen molar-refractivity contribution in [3.63, 3.8) is 0 Å². The lowest BCUT2D eigenvalue weighted by Gasteiger charge is -2.25. The van der Waals surface area contributed by atoms with Crippen LogP contribution in [0, 0.1) is 0 Å². The number of ether oxygens (including phenoxy) is 1. The van der Waals surface area contributed by atoms with Crippen LogP contribution in [0.15, 0.2) is 64.7 Å². The summed E-state index contributed by atoms with van der Waals surface area (Å²) in [6.07, 6.45) is 1.76. The van der Waals surface area contributed by atoms with Crippen LogP contribution in [-0.4, -0.2) is 45.2 Å². The normalized spacial score (nSPS) is 15.4. The van der Waals surface area contributed by atoms with E-state index < -0.39 is 0 Å². The van der Waals surface area contributed by atoms with E-state index >= 15 is 0 Å². The third-order valence-corrected chi connectivity index (χ3v) is 4.68. The van der Waals surface area contributed by atoms with Crippen LogP contribution in [0.5, 0.6) is 5.75 Å². The molecule has 1 aliphatic rings. The van der Waals surface area contributed by atoms with Gasteiger partial charge in [-0.05, 0) is 29.3 Å². The molecule has 2 aromatic rings. The van der Waals surface area contributed by atoms with Crippen LogP contribution in [-0.2, 0) is 0 Å². The van der Waals surface area contributed by atoms with Crippen LogP contribution in [0.4, 0.5) is 0 Å². The number of fused-ring (bicyclic) bond motifs is 1. The minimum atomic E-state index is 0.610. The van der Waals surface area contributed by atoms with Gasteiger partial charge in [-0.2, -0.15) is 0 Å². The predicted octanol–water partition coefficient (Wildman–Crippen LogP) is 4.80. The van der Waals surface area contributed by atoms with Crippen molar-refractivity contribution in [3.05, 3.63) is 76.5 Å². The van der Waals surface area contributed by atoms with Gasteiger partial charge < -0.3 is 9.64 Å². The second-order valence-corrected chi connectivity index (χ2v) is 6.78. The summed E-state index contributed by atoms with van der Waals surface area (Å²) in [6.45, 7) is 4.36. The first-order chi connectivity index (χ1) is 13.0. The van der Waals surface area contributed by atoms with E-state index in [0.717, 1.165) is 45.0 Å². The summed E-state index contributed by atoms with van der Waals surface area (Å²) in [5.41, 5.74) is 6.13. The quantitative estimate of drug-likeness (QED) is 0.565. The molecule has 0 unspecified atom stereocenters. The summed E-state index contributed by atoms with van der Waals surface area (Å²) in [6, 6.07) is 13.6. The monoisotopic (exact) mass is 379 g/mol. The molecule has 0 aliphatic heterocycles. The smallest absolute Gasteiger partial charge is 0.119 e. The van der Waals surface area contributed by atoms with Crippen LogP contribution in [0.3, 0.4) is 0 Å². The van der Waals surface area contributed by atoms with Crippen molar-refractivity contribution in [3.8, 4) is 5.75 Å². The number of benzene rings is 2. The summed E-state index contributed by atoms with van der Waals surface area (Å²) in [4.78, 5) is 11.2. The Kier molecular flexibility index (Phi) is 5.47. The molecule has 1 aliphatic carbocycles.